The number of hydrogen-bond acceptors (Lipinski definition) is 3. The Morgan fingerprint density at radius 3 is 2.50 bits per heavy atom. The number of aliphatic carboxylic acids is 1. The van der Waals surface area contributed by atoms with E-state index in [1.165, 1.54) is 0 Å². The van der Waals surface area contributed by atoms with Crippen LogP contribution in [-0.4, -0.2) is 33.8 Å². The monoisotopic (exact) mass is 218 g/mol. The van der Waals surface area contributed by atoms with Crippen molar-refractivity contribution in [3.63, 3.8) is 0 Å². The maximum atomic E-state index is 11.0. The van der Waals surface area contributed by atoms with Crippen molar-refractivity contribution in [3.8, 4) is 0 Å². The molecule has 3 unspecified atom stereocenters. The van der Waals surface area contributed by atoms with Crippen LogP contribution in [0.2, 0.25) is 0 Å². The van der Waals surface area contributed by atoms with E-state index in [1.807, 2.05) is 13.8 Å². The summed E-state index contributed by atoms with van der Waals surface area (Å²) in [5.41, 5.74) is 0. The van der Waals surface area contributed by atoms with Crippen LogP contribution in [0.1, 0.15) is 20.3 Å². The highest BCUT2D eigenvalue weighted by molar-refractivity contribution is 7.99. The van der Waals surface area contributed by atoms with Gasteiger partial charge in [0.1, 0.15) is 0 Å². The second-order valence-electron chi connectivity index (χ2n) is 4.22. The first-order valence-electron chi connectivity index (χ1n) is 5.02. The van der Waals surface area contributed by atoms with E-state index in [-0.39, 0.29) is 11.8 Å². The van der Waals surface area contributed by atoms with Crippen LogP contribution in [0.4, 0.5) is 0 Å². The minimum Gasteiger partial charge on any atom is -0.481 e. The number of carbonyl (C=O) groups is 1. The van der Waals surface area contributed by atoms with E-state index in [0.717, 1.165) is 17.9 Å². The molecule has 0 amide bonds. The van der Waals surface area contributed by atoms with Crippen molar-refractivity contribution in [3.05, 3.63) is 0 Å². The largest absolute Gasteiger partial charge is 0.481 e. The van der Waals surface area contributed by atoms with E-state index in [2.05, 4.69) is 0 Å². The molecule has 1 aliphatic heterocycles. The smallest absolute Gasteiger partial charge is 0.309 e. The number of rotatable bonds is 4. The highest BCUT2D eigenvalue weighted by Gasteiger charge is 2.36. The SMILES string of the molecule is CC(C)C(C(=O)O)C(O)C1CCSC1. The lowest BCUT2D eigenvalue weighted by Crippen LogP contribution is -2.37. The van der Waals surface area contributed by atoms with Gasteiger partial charge in [-0.1, -0.05) is 13.8 Å². The van der Waals surface area contributed by atoms with Gasteiger partial charge in [-0.05, 0) is 29.8 Å². The van der Waals surface area contributed by atoms with Crippen molar-refractivity contribution in [2.45, 2.75) is 26.4 Å². The number of carboxylic acid groups (broad SMARTS) is 1. The summed E-state index contributed by atoms with van der Waals surface area (Å²) < 4.78 is 0. The Bertz CT molecular complexity index is 200. The minimum atomic E-state index is -0.871. The lowest BCUT2D eigenvalue weighted by molar-refractivity contribution is -0.149. The van der Waals surface area contributed by atoms with Crippen LogP contribution in [0.25, 0.3) is 0 Å². The van der Waals surface area contributed by atoms with Crippen LogP contribution in [0, 0.1) is 17.8 Å². The van der Waals surface area contributed by atoms with Gasteiger partial charge in [-0.25, -0.2) is 0 Å². The Kier molecular flexibility index (Phi) is 4.26. The first-order valence-corrected chi connectivity index (χ1v) is 6.18. The van der Waals surface area contributed by atoms with Crippen molar-refractivity contribution >= 4 is 17.7 Å². The van der Waals surface area contributed by atoms with Crippen LogP contribution in [0.5, 0.6) is 0 Å². The zero-order chi connectivity index (χ0) is 10.7. The quantitative estimate of drug-likeness (QED) is 0.750. The normalized spacial score (nSPS) is 26.4. The maximum absolute atomic E-state index is 11.0. The zero-order valence-corrected chi connectivity index (χ0v) is 9.46. The summed E-state index contributed by atoms with van der Waals surface area (Å²) in [6.45, 7) is 3.70. The van der Waals surface area contributed by atoms with Crippen LogP contribution in [0.3, 0.4) is 0 Å². The second kappa shape index (κ2) is 5.03. The van der Waals surface area contributed by atoms with Crippen molar-refractivity contribution in [2.24, 2.45) is 17.8 Å². The van der Waals surface area contributed by atoms with E-state index >= 15 is 0 Å². The highest BCUT2D eigenvalue weighted by atomic mass is 32.2. The highest BCUT2D eigenvalue weighted by Crippen LogP contribution is 2.31. The van der Waals surface area contributed by atoms with Crippen LogP contribution < -0.4 is 0 Å². The molecule has 0 spiro atoms. The zero-order valence-electron chi connectivity index (χ0n) is 8.64. The number of hydrogen-bond donors (Lipinski definition) is 2. The van der Waals surface area contributed by atoms with Gasteiger partial charge in [0.25, 0.3) is 0 Å². The summed E-state index contributed by atoms with van der Waals surface area (Å²) in [6, 6.07) is 0. The first-order chi connectivity index (χ1) is 6.54. The molecule has 1 heterocycles. The van der Waals surface area contributed by atoms with Gasteiger partial charge in [0, 0.05) is 0 Å². The van der Waals surface area contributed by atoms with Gasteiger partial charge in [0.15, 0.2) is 0 Å². The van der Waals surface area contributed by atoms with Gasteiger partial charge in [0.2, 0.25) is 0 Å². The second-order valence-corrected chi connectivity index (χ2v) is 5.37. The molecule has 3 atom stereocenters. The fraction of sp³-hybridized carbons (Fsp3) is 0.900. The molecule has 0 aromatic heterocycles. The molecule has 1 aliphatic rings. The molecule has 82 valence electrons. The maximum Gasteiger partial charge on any atom is 0.309 e. The molecule has 0 bridgehead atoms. The third-order valence-electron chi connectivity index (χ3n) is 2.82. The van der Waals surface area contributed by atoms with Crippen molar-refractivity contribution in [2.75, 3.05) is 11.5 Å². The van der Waals surface area contributed by atoms with Gasteiger partial charge < -0.3 is 10.2 Å². The molecule has 0 saturated carbocycles. The molecule has 0 aromatic carbocycles. The lowest BCUT2D eigenvalue weighted by Gasteiger charge is -2.26. The summed E-state index contributed by atoms with van der Waals surface area (Å²) in [5, 5.41) is 19.0. The third kappa shape index (κ3) is 2.64. The lowest BCUT2D eigenvalue weighted by atomic mass is 9.83. The molecule has 0 aromatic rings. The van der Waals surface area contributed by atoms with Gasteiger partial charge in [-0.3, -0.25) is 4.79 Å². The standard InChI is InChI=1S/C10H18O3S/c1-6(2)8(10(12)13)9(11)7-3-4-14-5-7/h6-9,11H,3-5H2,1-2H3,(H,12,13). The predicted octanol–water partition coefficient (Wildman–Crippen LogP) is 1.46. The molecule has 0 aliphatic carbocycles. The fourth-order valence-corrected chi connectivity index (χ4v) is 3.24. The molecular weight excluding hydrogens is 200 g/mol. The number of thioether (sulfide) groups is 1. The third-order valence-corrected chi connectivity index (χ3v) is 4.01. The van der Waals surface area contributed by atoms with Gasteiger partial charge in [-0.15, -0.1) is 0 Å². The molecule has 14 heavy (non-hydrogen) atoms. The van der Waals surface area contributed by atoms with Crippen molar-refractivity contribution in [1.82, 2.24) is 0 Å². The Balaban J connectivity index is 2.62. The Labute approximate surface area is 88.9 Å². The number of aliphatic hydroxyl groups excluding tert-OH is 1. The molecular formula is C10H18O3S. The molecule has 4 heteroatoms. The Morgan fingerprint density at radius 2 is 2.14 bits per heavy atom. The molecule has 1 fully saturated rings. The number of aliphatic hydroxyl groups is 1. The van der Waals surface area contributed by atoms with E-state index in [4.69, 9.17) is 5.11 Å². The number of carboxylic acids is 1. The summed E-state index contributed by atoms with van der Waals surface area (Å²) in [4.78, 5) is 11.0. The van der Waals surface area contributed by atoms with Crippen LogP contribution >= 0.6 is 11.8 Å². The van der Waals surface area contributed by atoms with Crippen molar-refractivity contribution < 1.29 is 15.0 Å². The summed E-state index contributed by atoms with van der Waals surface area (Å²) in [7, 11) is 0. The summed E-state index contributed by atoms with van der Waals surface area (Å²) >= 11 is 1.80. The van der Waals surface area contributed by atoms with E-state index in [9.17, 15) is 9.90 Å². The average molecular weight is 218 g/mol. The topological polar surface area (TPSA) is 57.5 Å². The molecule has 0 radical (unpaired) electrons. The minimum absolute atomic E-state index is 0.00639. The van der Waals surface area contributed by atoms with Crippen LogP contribution in [-0.2, 0) is 4.79 Å². The molecule has 1 rings (SSSR count). The Morgan fingerprint density at radius 1 is 1.50 bits per heavy atom. The molecule has 3 nitrogen and oxygen atoms in total. The van der Waals surface area contributed by atoms with Gasteiger partial charge >= 0.3 is 5.97 Å². The molecule has 1 saturated heterocycles. The Hall–Kier alpha value is -0.220. The van der Waals surface area contributed by atoms with E-state index in [0.29, 0.717) is 0 Å². The van der Waals surface area contributed by atoms with Gasteiger partial charge in [0.05, 0.1) is 12.0 Å². The average Bonchev–Trinajstić information content (AvgIpc) is 2.53. The van der Waals surface area contributed by atoms with Gasteiger partial charge in [-0.2, -0.15) is 11.8 Å². The molecule has 2 N–H and O–H groups in total. The first kappa shape index (κ1) is 11.9. The fourth-order valence-electron chi connectivity index (χ4n) is 1.94. The van der Waals surface area contributed by atoms with E-state index in [1.54, 1.807) is 11.8 Å². The van der Waals surface area contributed by atoms with Crippen molar-refractivity contribution in [1.29, 1.82) is 0 Å². The van der Waals surface area contributed by atoms with E-state index < -0.39 is 18.0 Å². The van der Waals surface area contributed by atoms with Crippen LogP contribution in [0.15, 0.2) is 0 Å². The summed E-state index contributed by atoms with van der Waals surface area (Å²) in [5.74, 6) is 0.629. The predicted molar refractivity (Wildman–Crippen MR) is 57.4 cm³/mol. The summed E-state index contributed by atoms with van der Waals surface area (Å²) in [6.07, 6.45) is 0.269.